The maximum Gasteiger partial charge on any atom is 0.317 e. The van der Waals surface area contributed by atoms with Crippen LogP contribution in [-0.2, 0) is 5.41 Å². The Labute approximate surface area is 132 Å². The Balaban J connectivity index is 1.54. The molecule has 0 aromatic heterocycles. The Hall–Kier alpha value is -1.55. The summed E-state index contributed by atoms with van der Waals surface area (Å²) < 4.78 is 0. The number of rotatable bonds is 4. The molecule has 1 aromatic rings. The first kappa shape index (κ1) is 15.3. The molecule has 1 aliphatic carbocycles. The third-order valence-corrected chi connectivity index (χ3v) is 5.43. The van der Waals surface area contributed by atoms with E-state index in [1.54, 1.807) is 0 Å². The van der Waals surface area contributed by atoms with E-state index >= 15 is 0 Å². The molecule has 4 nitrogen and oxygen atoms in total. The largest absolute Gasteiger partial charge is 0.396 e. The second-order valence-corrected chi connectivity index (χ2v) is 6.77. The van der Waals surface area contributed by atoms with Crippen molar-refractivity contribution < 1.29 is 9.90 Å². The van der Waals surface area contributed by atoms with E-state index in [0.717, 1.165) is 45.3 Å². The van der Waals surface area contributed by atoms with Crippen LogP contribution >= 0.6 is 0 Å². The Morgan fingerprint density at radius 3 is 2.45 bits per heavy atom. The maximum absolute atomic E-state index is 12.4. The van der Waals surface area contributed by atoms with Crippen LogP contribution < -0.4 is 5.32 Å². The third-order valence-electron chi connectivity index (χ3n) is 5.43. The smallest absolute Gasteiger partial charge is 0.317 e. The Morgan fingerprint density at radius 1 is 1.23 bits per heavy atom. The molecular formula is C18H26N2O2. The zero-order chi connectivity index (χ0) is 15.4. The molecule has 1 saturated heterocycles. The number of likely N-dealkylation sites (tertiary alicyclic amines) is 1. The van der Waals surface area contributed by atoms with Crippen LogP contribution in [0.1, 0.15) is 37.7 Å². The van der Waals surface area contributed by atoms with Gasteiger partial charge in [-0.25, -0.2) is 4.79 Å². The van der Waals surface area contributed by atoms with Crippen LogP contribution in [0.15, 0.2) is 30.3 Å². The number of nitrogens with one attached hydrogen (secondary N) is 1. The summed E-state index contributed by atoms with van der Waals surface area (Å²) >= 11 is 0. The van der Waals surface area contributed by atoms with E-state index in [4.69, 9.17) is 0 Å². The molecule has 0 spiro atoms. The summed E-state index contributed by atoms with van der Waals surface area (Å²) in [4.78, 5) is 14.3. The minimum absolute atomic E-state index is 0.0543. The number of carbonyl (C=O) groups excluding carboxylic acids is 1. The van der Waals surface area contributed by atoms with Gasteiger partial charge in [-0.2, -0.15) is 0 Å². The van der Waals surface area contributed by atoms with E-state index in [1.807, 2.05) is 11.0 Å². The van der Waals surface area contributed by atoms with Crippen LogP contribution in [0.3, 0.4) is 0 Å². The minimum Gasteiger partial charge on any atom is -0.396 e. The molecule has 2 aliphatic rings. The molecule has 120 valence electrons. The number of nitrogens with zero attached hydrogens (tertiary/aromatic N) is 1. The lowest BCUT2D eigenvalue weighted by molar-refractivity contribution is 0.133. The molecule has 2 amide bonds. The molecule has 0 atom stereocenters. The lowest BCUT2D eigenvalue weighted by Crippen LogP contribution is -2.51. The number of hydrogen-bond donors (Lipinski definition) is 2. The summed E-state index contributed by atoms with van der Waals surface area (Å²) in [6, 6.07) is 10.6. The van der Waals surface area contributed by atoms with Crippen LogP contribution in [-0.4, -0.2) is 42.3 Å². The molecule has 1 heterocycles. The average Bonchev–Trinajstić information content (AvgIpc) is 2.55. The minimum atomic E-state index is 0.0543. The number of hydrogen-bond acceptors (Lipinski definition) is 2. The highest BCUT2D eigenvalue weighted by Crippen LogP contribution is 2.43. The number of aliphatic hydroxyl groups is 1. The highest BCUT2D eigenvalue weighted by Gasteiger charge is 2.39. The van der Waals surface area contributed by atoms with Crippen molar-refractivity contribution in [1.82, 2.24) is 10.2 Å². The summed E-state index contributed by atoms with van der Waals surface area (Å²) in [5.41, 5.74) is 1.49. The highest BCUT2D eigenvalue weighted by atomic mass is 16.3. The zero-order valence-electron chi connectivity index (χ0n) is 13.1. The predicted molar refractivity (Wildman–Crippen MR) is 86.8 cm³/mol. The summed E-state index contributed by atoms with van der Waals surface area (Å²) in [6.07, 6.45) is 5.38. The van der Waals surface area contributed by atoms with Crippen molar-refractivity contribution in [1.29, 1.82) is 0 Å². The van der Waals surface area contributed by atoms with Crippen LogP contribution in [0, 0.1) is 5.92 Å². The highest BCUT2D eigenvalue weighted by molar-refractivity contribution is 5.74. The van der Waals surface area contributed by atoms with E-state index < -0.39 is 0 Å². The molecule has 1 saturated carbocycles. The predicted octanol–water partition coefficient (Wildman–Crippen LogP) is 2.52. The molecule has 0 radical (unpaired) electrons. The SMILES string of the molecule is O=C(NCC1(c2ccccc2)CCC1)N1CCC(CO)CC1. The number of carbonyl (C=O) groups is 1. The molecule has 1 aromatic carbocycles. The topological polar surface area (TPSA) is 52.6 Å². The second kappa shape index (κ2) is 6.69. The second-order valence-electron chi connectivity index (χ2n) is 6.77. The molecule has 2 N–H and O–H groups in total. The number of amides is 2. The fourth-order valence-corrected chi connectivity index (χ4v) is 3.64. The van der Waals surface area contributed by atoms with Crippen molar-refractivity contribution in [2.24, 2.45) is 5.92 Å². The molecule has 0 unspecified atom stereocenters. The normalized spacial score (nSPS) is 21.2. The molecule has 3 rings (SSSR count). The van der Waals surface area contributed by atoms with Gasteiger partial charge in [0.15, 0.2) is 0 Å². The van der Waals surface area contributed by atoms with E-state index in [9.17, 15) is 9.90 Å². The average molecular weight is 302 g/mol. The van der Waals surface area contributed by atoms with Gasteiger partial charge < -0.3 is 15.3 Å². The molecular weight excluding hydrogens is 276 g/mol. The zero-order valence-corrected chi connectivity index (χ0v) is 13.1. The van der Waals surface area contributed by atoms with Crippen LogP contribution in [0.2, 0.25) is 0 Å². The summed E-state index contributed by atoms with van der Waals surface area (Å²) in [5, 5.41) is 12.3. The van der Waals surface area contributed by atoms with Crippen LogP contribution in [0.4, 0.5) is 4.79 Å². The van der Waals surface area contributed by atoms with Gasteiger partial charge >= 0.3 is 6.03 Å². The lowest BCUT2D eigenvalue weighted by atomic mass is 9.64. The van der Waals surface area contributed by atoms with Crippen molar-refractivity contribution in [2.45, 2.75) is 37.5 Å². The van der Waals surface area contributed by atoms with E-state index in [1.165, 1.54) is 12.0 Å². The fourth-order valence-electron chi connectivity index (χ4n) is 3.64. The molecule has 1 aliphatic heterocycles. The first-order valence-electron chi connectivity index (χ1n) is 8.43. The van der Waals surface area contributed by atoms with Gasteiger partial charge in [-0.1, -0.05) is 36.8 Å². The van der Waals surface area contributed by atoms with Crippen molar-refractivity contribution in [2.75, 3.05) is 26.2 Å². The summed E-state index contributed by atoms with van der Waals surface area (Å²) in [5.74, 6) is 0.367. The Morgan fingerprint density at radius 2 is 1.91 bits per heavy atom. The number of urea groups is 1. The third kappa shape index (κ3) is 3.12. The van der Waals surface area contributed by atoms with Crippen molar-refractivity contribution in [3.8, 4) is 0 Å². The molecule has 2 fully saturated rings. The Kier molecular flexibility index (Phi) is 4.67. The quantitative estimate of drug-likeness (QED) is 0.898. The number of benzene rings is 1. The van der Waals surface area contributed by atoms with Gasteiger partial charge in [-0.15, -0.1) is 0 Å². The van der Waals surface area contributed by atoms with Crippen molar-refractivity contribution in [3.05, 3.63) is 35.9 Å². The van der Waals surface area contributed by atoms with E-state index in [-0.39, 0.29) is 18.1 Å². The van der Waals surface area contributed by atoms with Crippen molar-refractivity contribution >= 4 is 6.03 Å². The maximum atomic E-state index is 12.4. The fraction of sp³-hybridized carbons (Fsp3) is 0.611. The van der Waals surface area contributed by atoms with Gasteiger partial charge in [0.1, 0.15) is 0 Å². The first-order chi connectivity index (χ1) is 10.7. The first-order valence-corrected chi connectivity index (χ1v) is 8.43. The molecule has 4 heteroatoms. The summed E-state index contributed by atoms with van der Waals surface area (Å²) in [6.45, 7) is 2.49. The van der Waals surface area contributed by atoms with Crippen LogP contribution in [0.25, 0.3) is 0 Å². The van der Waals surface area contributed by atoms with Crippen molar-refractivity contribution in [3.63, 3.8) is 0 Å². The number of aliphatic hydroxyl groups excluding tert-OH is 1. The van der Waals surface area contributed by atoms with E-state index in [0.29, 0.717) is 5.92 Å². The monoisotopic (exact) mass is 302 g/mol. The van der Waals surface area contributed by atoms with Gasteiger partial charge in [0.25, 0.3) is 0 Å². The van der Waals surface area contributed by atoms with Gasteiger partial charge in [-0.3, -0.25) is 0 Å². The Bertz CT molecular complexity index is 491. The molecule has 0 bridgehead atoms. The summed E-state index contributed by atoms with van der Waals surface area (Å²) in [7, 11) is 0. The van der Waals surface area contributed by atoms with Crippen LogP contribution in [0.5, 0.6) is 0 Å². The van der Waals surface area contributed by atoms with Gasteiger partial charge in [0.2, 0.25) is 0 Å². The standard InChI is InChI=1S/C18H26N2O2/c21-13-15-7-11-20(12-8-15)17(22)19-14-18(9-4-10-18)16-5-2-1-3-6-16/h1-3,5-6,15,21H,4,7-14H2,(H,19,22). The van der Waals surface area contributed by atoms with E-state index in [2.05, 4.69) is 29.6 Å². The van der Waals surface area contributed by atoms with Gasteiger partial charge in [0, 0.05) is 31.7 Å². The lowest BCUT2D eigenvalue weighted by Gasteiger charge is -2.43. The van der Waals surface area contributed by atoms with Gasteiger partial charge in [0.05, 0.1) is 0 Å². The van der Waals surface area contributed by atoms with Gasteiger partial charge in [-0.05, 0) is 37.2 Å². The molecule has 22 heavy (non-hydrogen) atoms. The number of piperidine rings is 1.